The summed E-state index contributed by atoms with van der Waals surface area (Å²) in [6.07, 6.45) is 29.4. The number of carboxylic acid groups (broad SMARTS) is 4. The molecule has 132 heavy (non-hydrogen) atoms. The Bertz CT molecular complexity index is 7460. The summed E-state index contributed by atoms with van der Waals surface area (Å²) in [5.41, 5.74) is 19.4. The number of hydrogen-bond acceptors (Lipinski definition) is 20. The van der Waals surface area contributed by atoms with E-state index in [0.29, 0.717) is 33.5 Å². The SMILES string of the molecule is CC1=CC=C(c2ccc(-c3ccns3)cc2CS(=O)(=O)c2cc(C(=O)O)ccc2C2CC2)C1.Cc1sncc1-c1ccc(-c2ccccc2)c(CS(=O)(=O)c2cc(C(=O)O)ccc2C2CC2)c1.O=C(O)c1ccc(C2CC2)c(S(=O)(=O)Cc2cc(-c3ccns3)ccc2C2=CC=CC2)c1.O=C(O)c1ccc(C2CC2)c(S(=O)(=O)Cc2cc(-c3cn[nH]c3)ccc2-c2ccccn2)c1. The number of aryl methyl sites for hydroxylation is 1. The number of allylic oxidation sites excluding steroid dienone is 8. The van der Waals surface area contributed by atoms with Gasteiger partial charge in [0, 0.05) is 52.6 Å². The maximum Gasteiger partial charge on any atom is 0.335 e. The molecule has 9 aromatic carbocycles. The van der Waals surface area contributed by atoms with Crippen molar-refractivity contribution < 1.29 is 73.3 Å². The zero-order valence-electron chi connectivity index (χ0n) is 71.5. The molecule has 6 aliphatic rings. The van der Waals surface area contributed by atoms with Crippen LogP contribution in [-0.2, 0) is 62.4 Å². The van der Waals surface area contributed by atoms with E-state index in [1.54, 1.807) is 67.5 Å². The van der Waals surface area contributed by atoms with Crippen LogP contribution in [0.15, 0.2) is 299 Å². The lowest BCUT2D eigenvalue weighted by Crippen LogP contribution is -2.11. The number of aromatic amines is 1. The molecule has 0 spiro atoms. The highest BCUT2D eigenvalue weighted by molar-refractivity contribution is 7.91. The summed E-state index contributed by atoms with van der Waals surface area (Å²) in [4.78, 5) is 54.1. The van der Waals surface area contributed by atoms with Crippen LogP contribution >= 0.6 is 34.6 Å². The lowest BCUT2D eigenvalue weighted by molar-refractivity contribution is 0.0685. The normalized spacial score (nSPS) is 14.7. The van der Waals surface area contributed by atoms with E-state index in [-0.39, 0.29) is 88.5 Å². The summed E-state index contributed by atoms with van der Waals surface area (Å²) in [5, 5.41) is 44.5. The summed E-state index contributed by atoms with van der Waals surface area (Å²) in [5.74, 6) is -4.69. The van der Waals surface area contributed by atoms with Crippen LogP contribution in [0.4, 0.5) is 0 Å². The van der Waals surface area contributed by atoms with Crippen molar-refractivity contribution in [3.05, 3.63) is 362 Å². The monoisotopic (exact) mass is 1890 g/mol. The van der Waals surface area contributed by atoms with Crippen LogP contribution < -0.4 is 0 Å². The topological polar surface area (TPSA) is 366 Å². The van der Waals surface area contributed by atoms with Gasteiger partial charge in [0.25, 0.3) is 0 Å². The maximum atomic E-state index is 13.8. The molecule has 0 amide bonds. The minimum absolute atomic E-state index is 0.00469. The van der Waals surface area contributed by atoms with Gasteiger partial charge in [-0.15, -0.1) is 0 Å². The van der Waals surface area contributed by atoms with E-state index in [9.17, 15) is 73.3 Å². The van der Waals surface area contributed by atoms with Gasteiger partial charge in [-0.05, 0) is 334 Å². The summed E-state index contributed by atoms with van der Waals surface area (Å²) in [6.45, 7) is 4.05. The Morgan fingerprint density at radius 2 is 0.788 bits per heavy atom. The third-order valence-electron chi connectivity index (χ3n) is 24.1. The quantitative estimate of drug-likeness (QED) is 0.0304. The van der Waals surface area contributed by atoms with Crippen molar-refractivity contribution >= 4 is 109 Å². The van der Waals surface area contributed by atoms with Crippen molar-refractivity contribution in [1.29, 1.82) is 0 Å². The summed E-state index contributed by atoms with van der Waals surface area (Å²) < 4.78 is 122. The average Bonchev–Trinajstić information content (AvgIpc) is 1.54. The van der Waals surface area contributed by atoms with Gasteiger partial charge in [0.15, 0.2) is 39.3 Å². The van der Waals surface area contributed by atoms with Crippen molar-refractivity contribution in [2.45, 2.75) is 144 Å². The zero-order chi connectivity index (χ0) is 92.3. The fraction of sp³-hybridized carbons (Fsp3) is 0.194. The Kier molecular flexibility index (Phi) is 26.4. The molecule has 0 bridgehead atoms. The standard InChI is InChI=1S/C27H23NO4S2.C26H23NO4S2.C25H21N3O4S.C25H21NO4S2/c1-17-25(15-28-33-17)20-9-11-23(18-5-3-2-4-6-18)22(13-20)16-34(31,32)26-14-21(27(29)30)10-12-24(26)19-7-8-19;1-16-2-3-18(12-16)22-8-6-19(24-10-11-27-32-24)13-21(22)15-33(30,31)25-14-20(26(28)29)7-9-23(25)17-4-5-17;29-25(30)18-7-9-22(16-4-5-16)24(12-18)33(31,32)15-19-11-17(20-13-27-28-14-20)6-8-21(19)23-3-1-2-10-26-23;27-25(28)19-8-10-22(17-5-6-17)24(14-19)32(29,30)15-20-13-18(23-11-12-26-31-23)7-9-21(20)16-3-1-2-4-16/h2-6,9-15,19H,7-8,16H2,1H3,(H,29,30);2-3,6-11,13-14,17H,4-5,12,15H2,1H3,(H,28,29);1-3,6-14,16H,4-5,15H2,(H,27,28)(H,29,30);1-3,7-14,17H,4-6,15H2,(H,27,28). The average molecular weight is 1890 g/mol. The van der Waals surface area contributed by atoms with Gasteiger partial charge in [0.2, 0.25) is 0 Å². The first-order chi connectivity index (χ1) is 63.5. The molecule has 668 valence electrons. The Morgan fingerprint density at radius 3 is 1.17 bits per heavy atom. The second kappa shape index (κ2) is 38.4. The van der Waals surface area contributed by atoms with Crippen LogP contribution in [0.2, 0.25) is 0 Å². The third-order valence-corrected chi connectivity index (χ3v) is 33.3. The maximum absolute atomic E-state index is 13.8. The van der Waals surface area contributed by atoms with Crippen molar-refractivity contribution in [1.82, 2.24) is 28.3 Å². The van der Waals surface area contributed by atoms with E-state index in [1.165, 1.54) is 88.7 Å². The van der Waals surface area contributed by atoms with Crippen LogP contribution in [-0.4, -0.2) is 106 Å². The number of benzene rings is 9. The number of H-pyrrole nitrogens is 1. The number of aromatic carboxylic acids is 4. The molecule has 0 saturated heterocycles. The zero-order valence-corrected chi connectivity index (χ0v) is 77.2. The van der Waals surface area contributed by atoms with Crippen LogP contribution in [0.1, 0.15) is 197 Å². The Hall–Kier alpha value is -13.1. The van der Waals surface area contributed by atoms with Crippen LogP contribution in [0.25, 0.3) is 76.7 Å². The number of nitrogens with zero attached hydrogens (tertiary/aromatic N) is 5. The smallest absolute Gasteiger partial charge is 0.335 e. The molecule has 20 rings (SSSR count). The highest BCUT2D eigenvalue weighted by Gasteiger charge is 2.37. The lowest BCUT2D eigenvalue weighted by atomic mass is 9.96. The van der Waals surface area contributed by atoms with Crippen molar-refractivity contribution in [3.63, 3.8) is 0 Å². The highest BCUT2D eigenvalue weighted by atomic mass is 32.2. The summed E-state index contributed by atoms with van der Waals surface area (Å²) in [6, 6.07) is 60.3. The molecule has 0 radical (unpaired) electrons. The molecule has 22 nitrogen and oxygen atoms in total. The first-order valence-electron chi connectivity index (χ1n) is 42.8. The van der Waals surface area contributed by atoms with E-state index in [1.807, 2.05) is 159 Å². The van der Waals surface area contributed by atoms with Gasteiger partial charge in [0.05, 0.1) is 86.5 Å². The van der Waals surface area contributed by atoms with E-state index in [2.05, 4.69) is 41.3 Å². The second-order valence-electron chi connectivity index (χ2n) is 33.7. The van der Waals surface area contributed by atoms with E-state index in [0.717, 1.165) is 168 Å². The fourth-order valence-electron chi connectivity index (χ4n) is 16.8. The van der Waals surface area contributed by atoms with Gasteiger partial charge in [-0.1, -0.05) is 145 Å². The molecule has 5 aromatic heterocycles. The first-order valence-corrected chi connectivity index (χ1v) is 51.8. The molecule has 4 saturated carbocycles. The molecule has 0 atom stereocenters. The van der Waals surface area contributed by atoms with Crippen molar-refractivity contribution in [2.24, 2.45) is 0 Å². The molecule has 0 unspecified atom stereocenters. The van der Waals surface area contributed by atoms with Crippen LogP contribution in [0.5, 0.6) is 0 Å². The number of hydrogen-bond donors (Lipinski definition) is 5. The Balaban J connectivity index is 0.000000123. The van der Waals surface area contributed by atoms with E-state index in [4.69, 9.17) is 0 Å². The molecule has 5 heterocycles. The number of rotatable bonds is 28. The van der Waals surface area contributed by atoms with Crippen LogP contribution in [0.3, 0.4) is 0 Å². The molecule has 14 aromatic rings. The van der Waals surface area contributed by atoms with Gasteiger partial charge >= 0.3 is 23.9 Å². The largest absolute Gasteiger partial charge is 0.478 e. The molecule has 0 aliphatic heterocycles. The fourth-order valence-corrected chi connectivity index (χ4v) is 25.4. The minimum Gasteiger partial charge on any atom is -0.478 e. The van der Waals surface area contributed by atoms with E-state index < -0.39 is 63.2 Å². The molecule has 29 heteroatoms. The molecular formula is C103H88N6O16S7. The lowest BCUT2D eigenvalue weighted by Gasteiger charge is -2.16. The first kappa shape index (κ1) is 90.8. The number of carboxylic acids is 4. The molecular weight excluding hydrogens is 1800 g/mol. The van der Waals surface area contributed by atoms with Gasteiger partial charge in [-0.25, -0.2) is 66.0 Å². The van der Waals surface area contributed by atoms with Gasteiger partial charge in [0.1, 0.15) is 0 Å². The minimum atomic E-state index is -3.84. The number of sulfone groups is 4. The molecule has 5 N–H and O–H groups in total. The van der Waals surface area contributed by atoms with Crippen molar-refractivity contribution in [3.8, 4) is 65.5 Å². The highest BCUT2D eigenvalue weighted by Crippen LogP contribution is 2.49. The predicted molar refractivity (Wildman–Crippen MR) is 513 cm³/mol. The van der Waals surface area contributed by atoms with Crippen molar-refractivity contribution in [2.75, 3.05) is 0 Å². The van der Waals surface area contributed by atoms with Gasteiger partial charge < -0.3 is 20.4 Å². The number of nitrogens with one attached hydrogen (secondary N) is 1. The van der Waals surface area contributed by atoms with Gasteiger partial charge in [-0.2, -0.15) is 5.10 Å². The number of pyridine rings is 1. The Morgan fingerprint density at radius 1 is 0.371 bits per heavy atom. The van der Waals surface area contributed by atoms with Crippen LogP contribution in [0, 0.1) is 6.92 Å². The summed E-state index contributed by atoms with van der Waals surface area (Å²) >= 11 is 4.14. The molecule has 4 fully saturated rings. The summed E-state index contributed by atoms with van der Waals surface area (Å²) in [7, 11) is -15.2. The Labute approximate surface area is 776 Å². The number of carbonyl (C=O) groups is 4. The predicted octanol–water partition coefficient (Wildman–Crippen LogP) is 22.8. The van der Waals surface area contributed by atoms with E-state index >= 15 is 0 Å². The molecule has 6 aliphatic carbocycles. The third kappa shape index (κ3) is 20.9. The number of aromatic nitrogens is 6. The second-order valence-corrected chi connectivity index (χ2v) is 44.2. The van der Waals surface area contributed by atoms with Gasteiger partial charge in [-0.3, -0.25) is 10.1 Å².